The topological polar surface area (TPSA) is 86.9 Å². The van der Waals surface area contributed by atoms with Gasteiger partial charge in [-0.1, -0.05) is 6.07 Å². The molecular formula is C23H29NO6. The number of aromatic amines is 1. The Balaban J connectivity index is 1.78. The molecule has 1 aliphatic carbocycles. The third kappa shape index (κ3) is 4.51. The van der Waals surface area contributed by atoms with Crippen LogP contribution in [-0.4, -0.2) is 50.3 Å². The molecule has 0 bridgehead atoms. The molecule has 30 heavy (non-hydrogen) atoms. The summed E-state index contributed by atoms with van der Waals surface area (Å²) in [6.45, 7) is 6.13. The lowest BCUT2D eigenvalue weighted by molar-refractivity contribution is 0.0172. The van der Waals surface area contributed by atoms with E-state index in [4.69, 9.17) is 18.9 Å². The van der Waals surface area contributed by atoms with Gasteiger partial charge in [0.1, 0.15) is 12.3 Å². The van der Waals surface area contributed by atoms with Crippen LogP contribution in [0, 0.1) is 6.92 Å². The van der Waals surface area contributed by atoms with Crippen LogP contribution in [0.4, 0.5) is 0 Å². The van der Waals surface area contributed by atoms with Crippen molar-refractivity contribution in [1.82, 2.24) is 4.98 Å². The number of benzene rings is 1. The minimum atomic E-state index is -0.468. The number of esters is 1. The Labute approximate surface area is 176 Å². The number of methoxy groups -OCH3 is 2. The Morgan fingerprint density at radius 1 is 1.13 bits per heavy atom. The van der Waals surface area contributed by atoms with E-state index in [1.165, 1.54) is 0 Å². The fourth-order valence-electron chi connectivity index (χ4n) is 3.87. The van der Waals surface area contributed by atoms with Crippen LogP contribution in [0.25, 0.3) is 0 Å². The van der Waals surface area contributed by atoms with Crippen LogP contribution in [0.2, 0.25) is 0 Å². The fourth-order valence-corrected chi connectivity index (χ4v) is 3.87. The molecule has 7 heteroatoms. The standard InChI is InChI=1S/C23H29NO6/c1-13(2)29-8-9-30-23(26)22-14(3)21-17(24-22)10-16(11-18(21)25)15-6-7-19(27-4)20(12-15)28-5/h6-7,12-13,16,24H,8-11H2,1-5H3. The van der Waals surface area contributed by atoms with Crippen molar-refractivity contribution in [2.24, 2.45) is 0 Å². The Kier molecular flexibility index (Phi) is 6.82. The van der Waals surface area contributed by atoms with Crippen LogP contribution in [-0.2, 0) is 15.9 Å². The zero-order valence-electron chi connectivity index (χ0n) is 18.2. The van der Waals surface area contributed by atoms with E-state index in [9.17, 15) is 9.59 Å². The first-order chi connectivity index (χ1) is 14.3. The minimum absolute atomic E-state index is 0.00818. The second kappa shape index (κ2) is 9.34. The van der Waals surface area contributed by atoms with Crippen molar-refractivity contribution < 1.29 is 28.5 Å². The number of rotatable bonds is 8. The van der Waals surface area contributed by atoms with Crippen molar-refractivity contribution in [2.75, 3.05) is 27.4 Å². The van der Waals surface area contributed by atoms with Crippen molar-refractivity contribution in [3.05, 3.63) is 46.3 Å². The predicted octanol–water partition coefficient (Wildman–Crippen LogP) is 3.83. The minimum Gasteiger partial charge on any atom is -0.493 e. The summed E-state index contributed by atoms with van der Waals surface area (Å²) in [6, 6.07) is 5.70. The van der Waals surface area contributed by atoms with Gasteiger partial charge in [0, 0.05) is 17.7 Å². The average Bonchev–Trinajstić information content (AvgIpc) is 3.07. The molecule has 0 spiro atoms. The van der Waals surface area contributed by atoms with Gasteiger partial charge in [0.15, 0.2) is 17.3 Å². The molecule has 0 aliphatic heterocycles. The molecule has 0 saturated carbocycles. The highest BCUT2D eigenvalue weighted by atomic mass is 16.6. The van der Waals surface area contributed by atoms with Gasteiger partial charge >= 0.3 is 5.97 Å². The van der Waals surface area contributed by atoms with E-state index in [2.05, 4.69) is 4.98 Å². The Morgan fingerprint density at radius 3 is 2.53 bits per heavy atom. The van der Waals surface area contributed by atoms with Gasteiger partial charge in [0.25, 0.3) is 0 Å². The first kappa shape index (κ1) is 21.9. The maximum absolute atomic E-state index is 12.9. The number of hydrogen-bond donors (Lipinski definition) is 1. The summed E-state index contributed by atoms with van der Waals surface area (Å²) < 4.78 is 21.4. The van der Waals surface area contributed by atoms with Gasteiger partial charge in [-0.05, 0) is 56.4 Å². The molecule has 1 N–H and O–H groups in total. The Bertz CT molecular complexity index is 930. The molecule has 1 heterocycles. The monoisotopic (exact) mass is 415 g/mol. The van der Waals surface area contributed by atoms with E-state index in [1.807, 2.05) is 32.0 Å². The van der Waals surface area contributed by atoms with Gasteiger partial charge in [0.2, 0.25) is 0 Å². The average molecular weight is 415 g/mol. The first-order valence-corrected chi connectivity index (χ1v) is 10.1. The zero-order valence-corrected chi connectivity index (χ0v) is 18.2. The summed E-state index contributed by atoms with van der Waals surface area (Å²) in [5, 5.41) is 0. The molecule has 0 saturated heterocycles. The van der Waals surface area contributed by atoms with E-state index in [0.717, 1.165) is 11.3 Å². The Hall–Kier alpha value is -2.80. The number of aromatic nitrogens is 1. The van der Waals surface area contributed by atoms with Gasteiger partial charge < -0.3 is 23.9 Å². The largest absolute Gasteiger partial charge is 0.493 e. The maximum Gasteiger partial charge on any atom is 0.355 e. The quantitative estimate of drug-likeness (QED) is 0.521. The number of ether oxygens (including phenoxy) is 4. The number of nitrogens with one attached hydrogen (secondary N) is 1. The molecule has 1 unspecified atom stereocenters. The van der Waals surface area contributed by atoms with Crippen LogP contribution < -0.4 is 9.47 Å². The van der Waals surface area contributed by atoms with Crippen molar-refractivity contribution in [3.8, 4) is 11.5 Å². The van der Waals surface area contributed by atoms with Gasteiger partial charge in [-0.3, -0.25) is 4.79 Å². The van der Waals surface area contributed by atoms with E-state index >= 15 is 0 Å². The number of H-pyrrole nitrogens is 1. The Morgan fingerprint density at radius 2 is 1.87 bits per heavy atom. The molecule has 162 valence electrons. The third-order valence-corrected chi connectivity index (χ3v) is 5.34. The number of carbonyl (C=O) groups excluding carboxylic acids is 2. The van der Waals surface area contributed by atoms with Gasteiger partial charge in [-0.15, -0.1) is 0 Å². The normalized spacial score (nSPS) is 15.8. The van der Waals surface area contributed by atoms with E-state index in [1.54, 1.807) is 21.1 Å². The summed E-state index contributed by atoms with van der Waals surface area (Å²) in [5.74, 6) is 0.818. The molecule has 0 fully saturated rings. The number of Topliss-reactive ketones (excluding diaryl/α,β-unsaturated/α-hetero) is 1. The zero-order chi connectivity index (χ0) is 21.8. The molecule has 3 rings (SSSR count). The van der Waals surface area contributed by atoms with E-state index in [0.29, 0.717) is 47.8 Å². The van der Waals surface area contributed by atoms with E-state index in [-0.39, 0.29) is 24.4 Å². The molecule has 1 atom stereocenters. The summed E-state index contributed by atoms with van der Waals surface area (Å²) in [7, 11) is 3.18. The third-order valence-electron chi connectivity index (χ3n) is 5.34. The lowest BCUT2D eigenvalue weighted by atomic mass is 9.81. The number of fused-ring (bicyclic) bond motifs is 1. The van der Waals surface area contributed by atoms with Gasteiger partial charge in [-0.25, -0.2) is 4.79 Å². The molecule has 0 amide bonds. The number of hydrogen-bond acceptors (Lipinski definition) is 6. The second-order valence-electron chi connectivity index (χ2n) is 7.68. The summed E-state index contributed by atoms with van der Waals surface area (Å²) in [6.07, 6.45) is 1.08. The second-order valence-corrected chi connectivity index (χ2v) is 7.68. The predicted molar refractivity (Wildman–Crippen MR) is 112 cm³/mol. The number of ketones is 1. The van der Waals surface area contributed by atoms with Crippen molar-refractivity contribution in [1.29, 1.82) is 0 Å². The fraction of sp³-hybridized carbons (Fsp3) is 0.478. The molecule has 1 aromatic heterocycles. The molecule has 1 aromatic carbocycles. The highest BCUT2D eigenvalue weighted by molar-refractivity contribution is 6.03. The smallest absolute Gasteiger partial charge is 0.355 e. The van der Waals surface area contributed by atoms with Crippen molar-refractivity contribution in [3.63, 3.8) is 0 Å². The van der Waals surface area contributed by atoms with Crippen LogP contribution in [0.3, 0.4) is 0 Å². The summed E-state index contributed by atoms with van der Waals surface area (Å²) in [5.41, 5.74) is 3.36. The van der Waals surface area contributed by atoms with Crippen LogP contribution >= 0.6 is 0 Å². The molecular weight excluding hydrogens is 386 g/mol. The SMILES string of the molecule is COc1ccc(C2CC(=O)c3c([nH]c(C(=O)OCCOC(C)C)c3C)C2)cc1OC. The molecule has 1 aliphatic rings. The van der Waals surface area contributed by atoms with Crippen LogP contribution in [0.15, 0.2) is 18.2 Å². The van der Waals surface area contributed by atoms with Crippen LogP contribution in [0.5, 0.6) is 11.5 Å². The van der Waals surface area contributed by atoms with E-state index < -0.39 is 5.97 Å². The summed E-state index contributed by atoms with van der Waals surface area (Å²) in [4.78, 5) is 28.5. The van der Waals surface area contributed by atoms with Gasteiger partial charge in [-0.2, -0.15) is 0 Å². The first-order valence-electron chi connectivity index (χ1n) is 10.1. The number of carbonyl (C=O) groups is 2. The van der Waals surface area contributed by atoms with Gasteiger partial charge in [0.05, 0.1) is 26.9 Å². The van der Waals surface area contributed by atoms with Crippen molar-refractivity contribution in [2.45, 2.75) is 45.6 Å². The highest BCUT2D eigenvalue weighted by Gasteiger charge is 2.32. The highest BCUT2D eigenvalue weighted by Crippen LogP contribution is 2.38. The molecule has 0 radical (unpaired) electrons. The summed E-state index contributed by atoms with van der Waals surface area (Å²) >= 11 is 0. The molecule has 7 nitrogen and oxygen atoms in total. The molecule has 2 aromatic rings. The lowest BCUT2D eigenvalue weighted by Gasteiger charge is -2.23. The lowest BCUT2D eigenvalue weighted by Crippen LogP contribution is -2.18. The maximum atomic E-state index is 12.9. The van der Waals surface area contributed by atoms with Crippen LogP contribution in [0.1, 0.15) is 63.9 Å². The van der Waals surface area contributed by atoms with Crippen molar-refractivity contribution >= 4 is 11.8 Å².